The van der Waals surface area contributed by atoms with Crippen LogP contribution >= 0.6 is 0 Å². The second-order valence-corrected chi connectivity index (χ2v) is 4.56. The van der Waals surface area contributed by atoms with Gasteiger partial charge < -0.3 is 16.0 Å². The van der Waals surface area contributed by atoms with E-state index in [2.05, 4.69) is 16.0 Å². The highest BCUT2D eigenvalue weighted by molar-refractivity contribution is 6.08. The van der Waals surface area contributed by atoms with Crippen molar-refractivity contribution in [1.29, 1.82) is 0 Å². The molecule has 1 heterocycles. The molecular weight excluding hydrogens is 248 g/mol. The van der Waals surface area contributed by atoms with E-state index in [4.69, 9.17) is 0 Å². The SMILES string of the molecule is CCC1(CC)NC(=O)N(CC(=O)NCCNC)C1=O. The van der Waals surface area contributed by atoms with Crippen LogP contribution in [-0.2, 0) is 9.59 Å². The summed E-state index contributed by atoms with van der Waals surface area (Å²) in [6.07, 6.45) is 1.04. The van der Waals surface area contributed by atoms with E-state index in [-0.39, 0.29) is 18.4 Å². The Labute approximate surface area is 113 Å². The van der Waals surface area contributed by atoms with Crippen LogP contribution in [0.1, 0.15) is 26.7 Å². The van der Waals surface area contributed by atoms with Gasteiger partial charge in [0.15, 0.2) is 0 Å². The normalized spacial score (nSPS) is 17.5. The Morgan fingerprint density at radius 2 is 1.89 bits per heavy atom. The van der Waals surface area contributed by atoms with Gasteiger partial charge in [-0.05, 0) is 19.9 Å². The zero-order chi connectivity index (χ0) is 14.5. The second kappa shape index (κ2) is 6.51. The highest BCUT2D eigenvalue weighted by Crippen LogP contribution is 2.24. The summed E-state index contributed by atoms with van der Waals surface area (Å²) in [6, 6.07) is -0.488. The van der Waals surface area contributed by atoms with E-state index in [1.165, 1.54) is 0 Å². The quantitative estimate of drug-likeness (QED) is 0.427. The van der Waals surface area contributed by atoms with Crippen LogP contribution in [0.4, 0.5) is 4.79 Å². The minimum Gasteiger partial charge on any atom is -0.353 e. The third kappa shape index (κ3) is 3.23. The Bertz CT molecular complexity index is 366. The number of rotatable bonds is 7. The molecule has 0 aliphatic carbocycles. The fraction of sp³-hybridized carbons (Fsp3) is 0.750. The molecule has 0 saturated carbocycles. The van der Waals surface area contributed by atoms with E-state index in [0.717, 1.165) is 4.90 Å². The first-order valence-electron chi connectivity index (χ1n) is 6.56. The lowest BCUT2D eigenvalue weighted by Gasteiger charge is -2.22. The van der Waals surface area contributed by atoms with Gasteiger partial charge in [0.05, 0.1) is 0 Å². The van der Waals surface area contributed by atoms with Crippen molar-refractivity contribution in [3.8, 4) is 0 Å². The van der Waals surface area contributed by atoms with Crippen molar-refractivity contribution in [3.05, 3.63) is 0 Å². The highest BCUT2D eigenvalue weighted by atomic mass is 16.2. The molecule has 0 bridgehead atoms. The molecule has 1 fully saturated rings. The maximum Gasteiger partial charge on any atom is 0.325 e. The lowest BCUT2D eigenvalue weighted by Crippen LogP contribution is -2.47. The van der Waals surface area contributed by atoms with Gasteiger partial charge in [0.25, 0.3) is 5.91 Å². The van der Waals surface area contributed by atoms with Gasteiger partial charge in [-0.25, -0.2) is 4.79 Å². The van der Waals surface area contributed by atoms with Crippen molar-refractivity contribution in [1.82, 2.24) is 20.9 Å². The molecule has 1 aliphatic rings. The molecular formula is C12H22N4O3. The third-order valence-corrected chi connectivity index (χ3v) is 3.45. The van der Waals surface area contributed by atoms with Gasteiger partial charge in [-0.15, -0.1) is 0 Å². The number of amides is 4. The van der Waals surface area contributed by atoms with Crippen LogP contribution < -0.4 is 16.0 Å². The van der Waals surface area contributed by atoms with E-state index in [9.17, 15) is 14.4 Å². The third-order valence-electron chi connectivity index (χ3n) is 3.45. The van der Waals surface area contributed by atoms with E-state index >= 15 is 0 Å². The predicted octanol–water partition coefficient (Wildman–Crippen LogP) is -0.567. The maximum absolute atomic E-state index is 12.2. The monoisotopic (exact) mass is 270 g/mol. The lowest BCUT2D eigenvalue weighted by molar-refractivity contribution is -0.135. The van der Waals surface area contributed by atoms with Crippen LogP contribution in [0.2, 0.25) is 0 Å². The number of likely N-dealkylation sites (N-methyl/N-ethyl adjacent to an activating group) is 1. The standard InChI is InChI=1S/C12H22N4O3/c1-4-12(5-2)10(18)16(11(19)15-12)8-9(17)14-7-6-13-3/h13H,4-8H2,1-3H3,(H,14,17)(H,15,19). The fourth-order valence-electron chi connectivity index (χ4n) is 2.08. The van der Waals surface area contributed by atoms with Gasteiger partial charge in [-0.3, -0.25) is 14.5 Å². The summed E-state index contributed by atoms with van der Waals surface area (Å²) in [4.78, 5) is 36.6. The summed E-state index contributed by atoms with van der Waals surface area (Å²) < 4.78 is 0. The first-order chi connectivity index (χ1) is 9.00. The van der Waals surface area contributed by atoms with Gasteiger partial charge in [-0.2, -0.15) is 0 Å². The molecule has 0 atom stereocenters. The van der Waals surface area contributed by atoms with E-state index < -0.39 is 11.6 Å². The zero-order valence-electron chi connectivity index (χ0n) is 11.7. The molecule has 108 valence electrons. The van der Waals surface area contributed by atoms with Crippen molar-refractivity contribution < 1.29 is 14.4 Å². The molecule has 19 heavy (non-hydrogen) atoms. The number of hydrogen-bond acceptors (Lipinski definition) is 4. The number of urea groups is 1. The number of imide groups is 1. The molecule has 7 heteroatoms. The smallest absolute Gasteiger partial charge is 0.325 e. The molecule has 0 spiro atoms. The molecule has 0 aromatic rings. The minimum atomic E-state index is -0.845. The van der Waals surface area contributed by atoms with Crippen molar-refractivity contribution in [2.45, 2.75) is 32.2 Å². The molecule has 3 N–H and O–H groups in total. The molecule has 4 amide bonds. The first kappa shape index (κ1) is 15.4. The van der Waals surface area contributed by atoms with Crippen LogP contribution in [-0.4, -0.2) is 55.0 Å². The van der Waals surface area contributed by atoms with Gasteiger partial charge in [0, 0.05) is 13.1 Å². The minimum absolute atomic E-state index is 0.226. The summed E-state index contributed by atoms with van der Waals surface area (Å²) in [5.74, 6) is -0.645. The Kier molecular flexibility index (Phi) is 5.29. The fourth-order valence-corrected chi connectivity index (χ4v) is 2.08. The molecule has 1 aliphatic heterocycles. The number of nitrogens with zero attached hydrogens (tertiary/aromatic N) is 1. The van der Waals surface area contributed by atoms with Gasteiger partial charge in [-0.1, -0.05) is 13.8 Å². The Morgan fingerprint density at radius 3 is 2.37 bits per heavy atom. The summed E-state index contributed by atoms with van der Waals surface area (Å²) in [7, 11) is 1.78. The highest BCUT2D eigenvalue weighted by Gasteiger charge is 2.49. The summed E-state index contributed by atoms with van der Waals surface area (Å²) in [5.41, 5.74) is -0.845. The van der Waals surface area contributed by atoms with E-state index in [1.807, 2.05) is 13.8 Å². The summed E-state index contributed by atoms with van der Waals surface area (Å²) in [5, 5.41) is 8.22. The van der Waals surface area contributed by atoms with Crippen LogP contribution in [0.3, 0.4) is 0 Å². The van der Waals surface area contributed by atoms with E-state index in [0.29, 0.717) is 25.9 Å². The van der Waals surface area contributed by atoms with Crippen LogP contribution in [0.15, 0.2) is 0 Å². The molecule has 0 aromatic heterocycles. The van der Waals surface area contributed by atoms with Gasteiger partial charge >= 0.3 is 6.03 Å². The maximum atomic E-state index is 12.2. The van der Waals surface area contributed by atoms with Crippen molar-refractivity contribution >= 4 is 17.8 Å². The van der Waals surface area contributed by atoms with E-state index in [1.54, 1.807) is 7.05 Å². The van der Waals surface area contributed by atoms with Crippen molar-refractivity contribution in [2.24, 2.45) is 0 Å². The Hall–Kier alpha value is -1.63. The second-order valence-electron chi connectivity index (χ2n) is 4.56. The van der Waals surface area contributed by atoms with Gasteiger partial charge in [0.2, 0.25) is 5.91 Å². The van der Waals surface area contributed by atoms with Crippen molar-refractivity contribution in [2.75, 3.05) is 26.7 Å². The Morgan fingerprint density at radius 1 is 1.26 bits per heavy atom. The predicted molar refractivity (Wildman–Crippen MR) is 70.5 cm³/mol. The summed E-state index contributed by atoms with van der Waals surface area (Å²) >= 11 is 0. The summed E-state index contributed by atoms with van der Waals surface area (Å²) in [6.45, 7) is 4.57. The number of carbonyl (C=O) groups is 3. The largest absolute Gasteiger partial charge is 0.353 e. The van der Waals surface area contributed by atoms with Crippen LogP contribution in [0, 0.1) is 0 Å². The molecule has 0 radical (unpaired) electrons. The van der Waals surface area contributed by atoms with Crippen molar-refractivity contribution in [3.63, 3.8) is 0 Å². The lowest BCUT2D eigenvalue weighted by atomic mass is 9.93. The average molecular weight is 270 g/mol. The zero-order valence-corrected chi connectivity index (χ0v) is 11.7. The molecule has 7 nitrogen and oxygen atoms in total. The number of carbonyl (C=O) groups excluding carboxylic acids is 3. The first-order valence-corrected chi connectivity index (χ1v) is 6.56. The molecule has 1 saturated heterocycles. The molecule has 0 unspecified atom stereocenters. The van der Waals surface area contributed by atoms with Crippen LogP contribution in [0.25, 0.3) is 0 Å². The number of nitrogens with one attached hydrogen (secondary N) is 3. The van der Waals surface area contributed by atoms with Crippen LogP contribution in [0.5, 0.6) is 0 Å². The number of hydrogen-bond donors (Lipinski definition) is 3. The Balaban J connectivity index is 2.62. The molecule has 0 aromatic carbocycles. The average Bonchev–Trinajstić information content (AvgIpc) is 2.64. The molecule has 1 rings (SSSR count). The van der Waals surface area contributed by atoms with Gasteiger partial charge in [0.1, 0.15) is 12.1 Å². The topological polar surface area (TPSA) is 90.5 Å².